The zero-order valence-corrected chi connectivity index (χ0v) is 26.9. The van der Waals surface area contributed by atoms with Gasteiger partial charge in [0.15, 0.2) is 0 Å². The van der Waals surface area contributed by atoms with E-state index in [0.717, 1.165) is 73.7 Å². The van der Waals surface area contributed by atoms with Crippen LogP contribution in [0, 0.1) is 0 Å². The molecule has 1 aromatic heterocycles. The molecule has 0 radical (unpaired) electrons. The van der Waals surface area contributed by atoms with Gasteiger partial charge in [-0.3, -0.25) is 0 Å². The van der Waals surface area contributed by atoms with E-state index < -0.39 is 0 Å². The van der Waals surface area contributed by atoms with E-state index >= 15 is 0 Å². The molecule has 2 aromatic carbocycles. The van der Waals surface area contributed by atoms with Crippen LogP contribution in [0.2, 0.25) is 0 Å². The Morgan fingerprint density at radius 3 is 2.00 bits per heavy atom. The fraction of sp³-hybridized carbons (Fsp3) is 0.622. The Morgan fingerprint density at radius 2 is 1.30 bits per heavy atom. The third-order valence-electron chi connectivity index (χ3n) is 8.12. The van der Waals surface area contributed by atoms with Crippen LogP contribution in [0.5, 0.6) is 0 Å². The molecule has 3 aromatic rings. The molecule has 238 valence electrons. The molecule has 0 aliphatic carbocycles. The van der Waals surface area contributed by atoms with Gasteiger partial charge in [0.2, 0.25) is 0 Å². The molecule has 4 rings (SSSR count). The van der Waals surface area contributed by atoms with Gasteiger partial charge >= 0.3 is 0 Å². The third-order valence-corrected chi connectivity index (χ3v) is 8.12. The van der Waals surface area contributed by atoms with Crippen molar-refractivity contribution in [2.45, 2.75) is 116 Å². The lowest BCUT2D eigenvalue weighted by atomic mass is 9.89. The van der Waals surface area contributed by atoms with Gasteiger partial charge in [0.05, 0.1) is 6.61 Å². The molecule has 43 heavy (non-hydrogen) atoms. The van der Waals surface area contributed by atoms with Gasteiger partial charge in [0.1, 0.15) is 41.9 Å². The van der Waals surface area contributed by atoms with Gasteiger partial charge in [0, 0.05) is 38.2 Å². The molecule has 2 heterocycles. The zero-order valence-electron chi connectivity index (χ0n) is 26.9. The van der Waals surface area contributed by atoms with E-state index in [4.69, 9.17) is 28.1 Å². The molecule has 5 atom stereocenters. The second-order valence-electron chi connectivity index (χ2n) is 11.8. The van der Waals surface area contributed by atoms with E-state index in [9.17, 15) is 0 Å². The lowest BCUT2D eigenvalue weighted by Gasteiger charge is -2.46. The largest absolute Gasteiger partial charge is 0.461 e. The van der Waals surface area contributed by atoms with Crippen LogP contribution in [0.25, 0.3) is 11.0 Å². The van der Waals surface area contributed by atoms with Crippen LogP contribution >= 0.6 is 0 Å². The molecule has 0 unspecified atom stereocenters. The summed E-state index contributed by atoms with van der Waals surface area (Å²) < 4.78 is 39.2. The predicted octanol–water partition coefficient (Wildman–Crippen LogP) is 8.84. The van der Waals surface area contributed by atoms with E-state index in [2.05, 4.69) is 64.1 Å². The normalized spacial score (nSPS) is 22.4. The van der Waals surface area contributed by atoms with E-state index in [1.807, 2.05) is 18.2 Å². The number of unbranched alkanes of at least 4 members (excludes halogenated alkanes) is 4. The number of hydrogen-bond acceptors (Lipinski definition) is 6. The van der Waals surface area contributed by atoms with E-state index in [0.29, 0.717) is 39.5 Å². The first-order chi connectivity index (χ1) is 21.2. The van der Waals surface area contributed by atoms with Gasteiger partial charge in [0.25, 0.3) is 0 Å². The van der Waals surface area contributed by atoms with Gasteiger partial charge < -0.3 is 28.1 Å². The van der Waals surface area contributed by atoms with Crippen molar-refractivity contribution in [2.24, 2.45) is 0 Å². The summed E-state index contributed by atoms with van der Waals surface area (Å²) in [7, 11) is 0. The minimum Gasteiger partial charge on any atom is -0.461 e. The predicted molar refractivity (Wildman–Crippen MR) is 173 cm³/mol. The van der Waals surface area contributed by atoms with Crippen molar-refractivity contribution < 1.29 is 28.1 Å². The second kappa shape index (κ2) is 18.6. The summed E-state index contributed by atoms with van der Waals surface area (Å²) in [6.45, 7) is 11.9. The minimum absolute atomic E-state index is 0.252. The smallest absolute Gasteiger partial charge is 0.134 e. The minimum atomic E-state index is -0.301. The van der Waals surface area contributed by atoms with Crippen molar-refractivity contribution in [3.8, 4) is 0 Å². The maximum absolute atomic E-state index is 6.95. The summed E-state index contributed by atoms with van der Waals surface area (Å²) in [6, 6.07) is 19.0. The van der Waals surface area contributed by atoms with Crippen LogP contribution in [-0.2, 0) is 30.1 Å². The second-order valence-corrected chi connectivity index (χ2v) is 11.8. The molecule has 6 heteroatoms. The van der Waals surface area contributed by atoms with Crippen LogP contribution in [0.1, 0.15) is 102 Å². The number of furan rings is 1. The Labute approximate surface area is 259 Å². The fourth-order valence-corrected chi connectivity index (χ4v) is 5.63. The summed E-state index contributed by atoms with van der Waals surface area (Å²) in [6.07, 6.45) is 7.67. The third kappa shape index (κ3) is 9.89. The molecule has 1 aliphatic heterocycles. The van der Waals surface area contributed by atoms with Crippen LogP contribution < -0.4 is 0 Å². The average molecular weight is 595 g/mol. The number of benzene rings is 2. The number of rotatable bonds is 20. The number of para-hydroxylation sites is 1. The van der Waals surface area contributed by atoms with Crippen molar-refractivity contribution in [3.05, 3.63) is 71.5 Å². The molecule has 0 amide bonds. The molecule has 1 aliphatic rings. The van der Waals surface area contributed by atoms with Gasteiger partial charge in [-0.25, -0.2) is 0 Å². The molecule has 0 spiro atoms. The Morgan fingerprint density at radius 1 is 0.651 bits per heavy atom. The SMILES string of the molecule is CCCCOC[C@H]1O[C@@H](c2cccc(Cc3cc4ccccc4o3)c2)[C@H](OCCCC)[C@@H](OCCCC)[C@@H]1OCCCC. The standard InChI is InChI=1S/C37H54O6/c1-5-9-20-38-27-33-35(39-21-10-6-2)37(41-23-12-8-4)36(40-22-11-7-3)34(43-33)30-18-15-16-28(24-30)25-31-26-29-17-13-14-19-32(29)42-31/h13-19,24,26,33-37H,5-12,20-23,25,27H2,1-4H3/t33-,34+,35-,36+,37+/m1/s1. The van der Waals surface area contributed by atoms with Gasteiger partial charge in [-0.05, 0) is 48.9 Å². The zero-order chi connectivity index (χ0) is 30.3. The van der Waals surface area contributed by atoms with Crippen molar-refractivity contribution in [3.63, 3.8) is 0 Å². The lowest BCUT2D eigenvalue weighted by Crippen LogP contribution is -2.58. The Kier molecular flexibility index (Phi) is 14.5. The van der Waals surface area contributed by atoms with Gasteiger partial charge in [-0.15, -0.1) is 0 Å². The molecule has 0 saturated carbocycles. The highest BCUT2D eigenvalue weighted by molar-refractivity contribution is 5.77. The van der Waals surface area contributed by atoms with Crippen LogP contribution in [0.4, 0.5) is 0 Å². The number of hydrogen-bond donors (Lipinski definition) is 0. The topological polar surface area (TPSA) is 59.3 Å². The van der Waals surface area contributed by atoms with Crippen molar-refractivity contribution in [1.82, 2.24) is 0 Å². The fourth-order valence-electron chi connectivity index (χ4n) is 5.63. The molecule has 0 N–H and O–H groups in total. The highest BCUT2D eigenvalue weighted by atomic mass is 16.6. The monoisotopic (exact) mass is 594 g/mol. The first-order valence-corrected chi connectivity index (χ1v) is 16.8. The molecule has 1 fully saturated rings. The Hall–Kier alpha value is -2.22. The van der Waals surface area contributed by atoms with E-state index in [1.165, 1.54) is 5.56 Å². The highest BCUT2D eigenvalue weighted by Crippen LogP contribution is 2.38. The molecular weight excluding hydrogens is 540 g/mol. The van der Waals surface area contributed by atoms with E-state index in [1.54, 1.807) is 0 Å². The van der Waals surface area contributed by atoms with Crippen LogP contribution in [0.3, 0.4) is 0 Å². The number of fused-ring (bicyclic) bond motifs is 1. The summed E-state index contributed by atoms with van der Waals surface area (Å²) in [4.78, 5) is 0. The van der Waals surface area contributed by atoms with Crippen molar-refractivity contribution >= 4 is 11.0 Å². The first kappa shape index (κ1) is 33.7. The molecule has 6 nitrogen and oxygen atoms in total. The quantitative estimate of drug-likeness (QED) is 0.122. The summed E-state index contributed by atoms with van der Waals surface area (Å²) >= 11 is 0. The van der Waals surface area contributed by atoms with Crippen LogP contribution in [0.15, 0.2) is 59.0 Å². The summed E-state index contributed by atoms with van der Waals surface area (Å²) in [5, 5.41) is 1.13. The van der Waals surface area contributed by atoms with E-state index in [-0.39, 0.29) is 30.5 Å². The van der Waals surface area contributed by atoms with Gasteiger partial charge in [-0.1, -0.05) is 95.8 Å². The molecular formula is C37H54O6. The molecule has 1 saturated heterocycles. The maximum atomic E-state index is 6.95. The van der Waals surface area contributed by atoms with Crippen molar-refractivity contribution in [1.29, 1.82) is 0 Å². The highest BCUT2D eigenvalue weighted by Gasteiger charge is 2.48. The van der Waals surface area contributed by atoms with Crippen molar-refractivity contribution in [2.75, 3.05) is 33.0 Å². The average Bonchev–Trinajstić information content (AvgIpc) is 3.43. The Balaban J connectivity index is 1.64. The first-order valence-electron chi connectivity index (χ1n) is 16.8. The Bertz CT molecular complexity index is 1140. The maximum Gasteiger partial charge on any atom is 0.134 e. The molecule has 0 bridgehead atoms. The summed E-state index contributed by atoms with van der Waals surface area (Å²) in [5.41, 5.74) is 3.18. The lowest BCUT2D eigenvalue weighted by molar-refractivity contribution is -0.268. The van der Waals surface area contributed by atoms with Gasteiger partial charge in [-0.2, -0.15) is 0 Å². The summed E-state index contributed by atoms with van der Waals surface area (Å²) in [5.74, 6) is 0.950. The number of ether oxygens (including phenoxy) is 5. The van der Waals surface area contributed by atoms with Crippen LogP contribution in [-0.4, -0.2) is 57.5 Å².